The minimum atomic E-state index is -4.50. The van der Waals surface area contributed by atoms with Crippen LogP contribution in [0.5, 0.6) is 0 Å². The van der Waals surface area contributed by atoms with E-state index in [1.807, 2.05) is 13.1 Å². The molecular weight excluding hydrogens is 416 g/mol. The molecule has 0 spiro atoms. The third-order valence-electron chi connectivity index (χ3n) is 4.82. The van der Waals surface area contributed by atoms with E-state index in [0.29, 0.717) is 5.56 Å². The zero-order valence-corrected chi connectivity index (χ0v) is 17.7. The Morgan fingerprint density at radius 1 is 1.17 bits per heavy atom. The molecule has 159 valence electrons. The van der Waals surface area contributed by atoms with Crippen LogP contribution in [0.2, 0.25) is 13.1 Å². The summed E-state index contributed by atoms with van der Waals surface area (Å²) in [6.45, 7) is 3.88. The summed E-state index contributed by atoms with van der Waals surface area (Å²) in [4.78, 5) is 18.7. The molecule has 1 fully saturated rings. The van der Waals surface area contributed by atoms with E-state index in [9.17, 15) is 22.4 Å². The van der Waals surface area contributed by atoms with Crippen LogP contribution in [0.25, 0.3) is 0 Å². The molecule has 30 heavy (non-hydrogen) atoms. The Morgan fingerprint density at radius 3 is 2.50 bits per heavy atom. The lowest BCUT2D eigenvalue weighted by Gasteiger charge is -2.22. The number of aliphatic imine (C=N–C) groups is 1. The van der Waals surface area contributed by atoms with E-state index in [0.717, 1.165) is 12.1 Å². The molecule has 2 aromatic carbocycles. The van der Waals surface area contributed by atoms with Gasteiger partial charge in [0.2, 0.25) is 5.91 Å². The third kappa shape index (κ3) is 4.72. The maximum absolute atomic E-state index is 14.2. The zero-order chi connectivity index (χ0) is 22.1. The number of nitrogens with zero attached hydrogens (tertiary/aromatic N) is 2. The summed E-state index contributed by atoms with van der Waals surface area (Å²) in [5, 5.41) is 0. The van der Waals surface area contributed by atoms with Gasteiger partial charge in [0.1, 0.15) is 17.4 Å². The van der Waals surface area contributed by atoms with Crippen molar-refractivity contribution >= 4 is 26.5 Å². The molecule has 0 aliphatic carbocycles. The van der Waals surface area contributed by atoms with E-state index in [1.165, 1.54) is 29.2 Å². The molecule has 1 heterocycles. The molecule has 1 aliphatic rings. The van der Waals surface area contributed by atoms with E-state index in [2.05, 4.69) is 4.99 Å². The Balaban J connectivity index is 2.08. The first kappa shape index (κ1) is 22.0. The van der Waals surface area contributed by atoms with Crippen LogP contribution < -0.4 is 0 Å². The number of likely N-dealkylation sites (N-methyl/N-ethyl adjacent to an activating group) is 1. The number of amides is 1. The van der Waals surface area contributed by atoms with Crippen molar-refractivity contribution in [2.75, 3.05) is 13.6 Å². The fourth-order valence-corrected chi connectivity index (χ4v) is 4.04. The first-order valence-electron chi connectivity index (χ1n) is 9.31. The first-order chi connectivity index (χ1) is 14.1. The molecule has 1 saturated heterocycles. The van der Waals surface area contributed by atoms with Crippen LogP contribution in [0, 0.1) is 11.7 Å². The van der Waals surface area contributed by atoms with Crippen LogP contribution >= 0.6 is 0 Å². The van der Waals surface area contributed by atoms with E-state index in [4.69, 9.17) is 4.43 Å². The highest BCUT2D eigenvalue weighted by atomic mass is 28.3. The molecule has 2 unspecified atom stereocenters. The molecule has 2 atom stereocenters. The average Bonchev–Trinajstić information content (AvgIpc) is 2.97. The molecule has 0 N–H and O–H groups in total. The molecular formula is C21H21F4N2O2Si. The highest BCUT2D eigenvalue weighted by molar-refractivity contribution is 6.51. The number of rotatable bonds is 4. The van der Waals surface area contributed by atoms with Crippen LogP contribution in [0.15, 0.2) is 53.5 Å². The predicted molar refractivity (Wildman–Crippen MR) is 107 cm³/mol. The number of carbonyl (C=O) groups excluding carboxylic acids is 1. The van der Waals surface area contributed by atoms with Gasteiger partial charge in [0.05, 0.1) is 5.56 Å². The van der Waals surface area contributed by atoms with E-state index in [1.54, 1.807) is 19.2 Å². The number of hydrogen-bond donors (Lipinski definition) is 0. The summed E-state index contributed by atoms with van der Waals surface area (Å²) in [6.07, 6.45) is -4.50. The van der Waals surface area contributed by atoms with Crippen molar-refractivity contribution in [1.29, 1.82) is 0 Å². The van der Waals surface area contributed by atoms with Gasteiger partial charge >= 0.3 is 6.18 Å². The molecule has 4 nitrogen and oxygen atoms in total. The maximum Gasteiger partial charge on any atom is 0.416 e. The maximum atomic E-state index is 14.2. The van der Waals surface area contributed by atoms with Crippen LogP contribution in [0.3, 0.4) is 0 Å². The van der Waals surface area contributed by atoms with Gasteiger partial charge in [0.25, 0.3) is 9.04 Å². The Labute approximate surface area is 173 Å². The Kier molecular flexibility index (Phi) is 6.30. The molecule has 0 aromatic heterocycles. The lowest BCUT2D eigenvalue weighted by Crippen LogP contribution is -2.32. The third-order valence-corrected chi connectivity index (χ3v) is 5.43. The van der Waals surface area contributed by atoms with Crippen LogP contribution in [-0.4, -0.2) is 39.3 Å². The molecule has 2 aromatic rings. The summed E-state index contributed by atoms with van der Waals surface area (Å²) >= 11 is 0. The highest BCUT2D eigenvalue weighted by Gasteiger charge is 2.45. The lowest BCUT2D eigenvalue weighted by atomic mass is 9.87. The number of benzene rings is 2. The number of carbonyl (C=O) groups is 1. The van der Waals surface area contributed by atoms with Gasteiger partial charge in [-0.05, 0) is 36.9 Å². The monoisotopic (exact) mass is 437 g/mol. The number of halogens is 4. The quantitative estimate of drug-likeness (QED) is 0.292. The second-order valence-corrected chi connectivity index (χ2v) is 9.36. The smallest absolute Gasteiger partial charge is 0.416 e. The Hall–Kier alpha value is -2.68. The number of alkyl halides is 3. The van der Waals surface area contributed by atoms with Gasteiger partial charge in [-0.3, -0.25) is 4.79 Å². The van der Waals surface area contributed by atoms with Crippen LogP contribution in [0.1, 0.15) is 17.0 Å². The Bertz CT molecular complexity index is 962. The summed E-state index contributed by atoms with van der Waals surface area (Å²) in [6, 6.07) is 10.7. The van der Waals surface area contributed by atoms with Gasteiger partial charge in [-0.15, -0.1) is 0 Å². The van der Waals surface area contributed by atoms with Crippen LogP contribution in [0.4, 0.5) is 23.2 Å². The zero-order valence-electron chi connectivity index (χ0n) is 16.7. The van der Waals surface area contributed by atoms with Crippen molar-refractivity contribution in [1.82, 2.24) is 4.90 Å². The van der Waals surface area contributed by atoms with Crippen molar-refractivity contribution in [2.24, 2.45) is 10.9 Å². The summed E-state index contributed by atoms with van der Waals surface area (Å²) in [5.41, 5.74) is -0.413. The highest BCUT2D eigenvalue weighted by Crippen LogP contribution is 2.38. The molecule has 3 rings (SSSR count). The first-order valence-corrected chi connectivity index (χ1v) is 11.7. The fraction of sp³-hybridized carbons (Fsp3) is 0.333. The topological polar surface area (TPSA) is 41.9 Å². The van der Waals surface area contributed by atoms with Crippen molar-refractivity contribution in [3.05, 3.63) is 65.5 Å². The molecule has 9 heteroatoms. The average molecular weight is 437 g/mol. The normalized spacial score (nSPS) is 20.2. The number of hydrogen-bond acceptors (Lipinski definition) is 3. The minimum absolute atomic E-state index is 0.0147. The molecule has 1 aliphatic heterocycles. The number of para-hydroxylation sites is 1. The van der Waals surface area contributed by atoms with E-state index >= 15 is 0 Å². The van der Waals surface area contributed by atoms with Crippen molar-refractivity contribution in [3.8, 4) is 0 Å². The van der Waals surface area contributed by atoms with Gasteiger partial charge in [0, 0.05) is 19.5 Å². The summed E-state index contributed by atoms with van der Waals surface area (Å²) in [5.74, 6) is -2.39. The van der Waals surface area contributed by atoms with Gasteiger partial charge in [-0.1, -0.05) is 30.3 Å². The van der Waals surface area contributed by atoms with Gasteiger partial charge in [0.15, 0.2) is 5.90 Å². The van der Waals surface area contributed by atoms with Crippen LogP contribution in [-0.2, 0) is 15.4 Å². The number of likely N-dealkylation sites (tertiary alicyclic amines) is 1. The van der Waals surface area contributed by atoms with Crippen molar-refractivity contribution < 1.29 is 26.8 Å². The largest absolute Gasteiger partial charge is 0.532 e. The van der Waals surface area contributed by atoms with Crippen molar-refractivity contribution in [2.45, 2.75) is 25.2 Å². The molecule has 1 radical (unpaired) electrons. The van der Waals surface area contributed by atoms with Gasteiger partial charge in [-0.2, -0.15) is 13.2 Å². The minimum Gasteiger partial charge on any atom is -0.532 e. The van der Waals surface area contributed by atoms with Gasteiger partial charge in [-0.25, -0.2) is 9.38 Å². The molecule has 0 saturated carbocycles. The van der Waals surface area contributed by atoms with E-state index in [-0.39, 0.29) is 24.0 Å². The predicted octanol–water partition coefficient (Wildman–Crippen LogP) is 5.01. The second kappa shape index (κ2) is 8.59. The lowest BCUT2D eigenvalue weighted by molar-refractivity contribution is -0.137. The molecule has 0 bridgehead atoms. The molecule has 1 amide bonds. The fourth-order valence-electron chi connectivity index (χ4n) is 3.45. The Morgan fingerprint density at radius 2 is 1.87 bits per heavy atom. The van der Waals surface area contributed by atoms with Crippen molar-refractivity contribution in [3.63, 3.8) is 0 Å². The summed E-state index contributed by atoms with van der Waals surface area (Å²) in [7, 11) is 0.195. The SMILES string of the molecule is CN1CC(c2cccc(C(F)(F)F)c2)C(C(=Nc2ccccc2F)O[Si](C)C)C1=O. The standard InChI is InChI=1S/C21H21F4N2O2Si/c1-27-12-15(13-7-6-8-14(11-13)21(23,24)25)18(20(27)28)19(29-30(2)3)26-17-10-5-4-9-16(17)22/h4-11,15,18H,12H2,1-3H3. The summed E-state index contributed by atoms with van der Waals surface area (Å²) < 4.78 is 59.7. The second-order valence-electron chi connectivity index (χ2n) is 7.34. The van der Waals surface area contributed by atoms with E-state index < -0.39 is 38.4 Å². The van der Waals surface area contributed by atoms with Gasteiger partial charge < -0.3 is 9.33 Å².